The zero-order valence-corrected chi connectivity index (χ0v) is 17.5. The van der Waals surface area contributed by atoms with E-state index in [1.165, 1.54) is 11.1 Å². The van der Waals surface area contributed by atoms with Gasteiger partial charge >= 0.3 is 6.03 Å². The highest BCUT2D eigenvalue weighted by molar-refractivity contribution is 5.75. The van der Waals surface area contributed by atoms with Crippen LogP contribution in [0.25, 0.3) is 0 Å². The normalized spacial score (nSPS) is 17.1. The van der Waals surface area contributed by atoms with E-state index in [1.54, 1.807) is 0 Å². The van der Waals surface area contributed by atoms with Crippen LogP contribution in [0.4, 0.5) is 4.79 Å². The molecule has 6 nitrogen and oxygen atoms in total. The van der Waals surface area contributed by atoms with Crippen LogP contribution < -0.4 is 10.8 Å². The van der Waals surface area contributed by atoms with E-state index in [9.17, 15) is 4.79 Å². The summed E-state index contributed by atoms with van der Waals surface area (Å²) in [7, 11) is 0. The summed E-state index contributed by atoms with van der Waals surface area (Å²) in [5, 5.41) is 5.04. The molecule has 0 spiro atoms. The molecule has 1 unspecified atom stereocenters. The van der Waals surface area contributed by atoms with Gasteiger partial charge in [0, 0.05) is 25.7 Å². The first-order valence-corrected chi connectivity index (χ1v) is 10.2. The Labute approximate surface area is 164 Å². The summed E-state index contributed by atoms with van der Waals surface area (Å²) in [5.74, 6) is 0.203. The molecule has 0 aliphatic carbocycles. The lowest BCUT2D eigenvalue weighted by Crippen LogP contribution is -2.55. The van der Waals surface area contributed by atoms with Crippen LogP contribution in [0.3, 0.4) is 0 Å². The molecule has 0 radical (unpaired) electrons. The fourth-order valence-corrected chi connectivity index (χ4v) is 3.08. The Balaban J connectivity index is 2.02. The van der Waals surface area contributed by atoms with Gasteiger partial charge in [0.25, 0.3) is 0 Å². The number of aryl methyl sites for hydroxylation is 1. The smallest absolute Gasteiger partial charge is 0.319 e. The summed E-state index contributed by atoms with van der Waals surface area (Å²) >= 11 is 0. The van der Waals surface area contributed by atoms with E-state index in [2.05, 4.69) is 57.5 Å². The third-order valence-electron chi connectivity index (χ3n) is 5.31. The summed E-state index contributed by atoms with van der Waals surface area (Å²) in [6, 6.07) is 8.32. The maximum absolute atomic E-state index is 13.1. The van der Waals surface area contributed by atoms with E-state index < -0.39 is 0 Å². The number of carbonyl (C=O) groups excluding carboxylic acids is 1. The Hall–Kier alpha value is -1.63. The van der Waals surface area contributed by atoms with Gasteiger partial charge < -0.3 is 10.2 Å². The second kappa shape index (κ2) is 10.6. The monoisotopic (exact) mass is 376 g/mol. The molecule has 2 N–H and O–H groups in total. The van der Waals surface area contributed by atoms with Crippen LogP contribution in [0.5, 0.6) is 0 Å². The molecule has 1 aromatic carbocycles. The van der Waals surface area contributed by atoms with Crippen molar-refractivity contribution in [1.82, 2.24) is 20.8 Å². The minimum Gasteiger partial charge on any atom is -0.320 e. The van der Waals surface area contributed by atoms with Crippen molar-refractivity contribution < 1.29 is 9.73 Å². The molecule has 1 aliphatic rings. The van der Waals surface area contributed by atoms with Gasteiger partial charge in [0.05, 0.1) is 0 Å². The first kappa shape index (κ1) is 21.7. The average molecular weight is 377 g/mol. The van der Waals surface area contributed by atoms with Gasteiger partial charge in [0.1, 0.15) is 6.17 Å². The van der Waals surface area contributed by atoms with Gasteiger partial charge in [-0.15, -0.1) is 0 Å². The van der Waals surface area contributed by atoms with Crippen LogP contribution in [-0.2, 0) is 11.5 Å². The van der Waals surface area contributed by atoms with Crippen LogP contribution in [0, 0.1) is 12.8 Å². The Kier molecular flexibility index (Phi) is 8.54. The molecule has 2 atom stereocenters. The van der Waals surface area contributed by atoms with Crippen LogP contribution in [-0.4, -0.2) is 41.3 Å². The molecular weight excluding hydrogens is 340 g/mol. The highest BCUT2D eigenvalue weighted by Gasteiger charge is 2.25. The van der Waals surface area contributed by atoms with Crippen molar-refractivity contribution >= 4 is 6.03 Å². The van der Waals surface area contributed by atoms with E-state index in [0.29, 0.717) is 6.54 Å². The number of amides is 2. The standard InChI is InChI=1S/C21H36N4O2/c1-6-18(5)25(15-19-12-8-7-11-17(19)4)21(26)22-20(16(2)3)23-27-24-13-9-10-14-24/h7-8,11-12,16,18,20,23H,6,9-10,13-15H2,1-5H3,(H,22,26)/t18-,20?/m1/s1. The molecule has 1 fully saturated rings. The van der Waals surface area contributed by atoms with E-state index in [0.717, 1.165) is 32.4 Å². The fourth-order valence-electron chi connectivity index (χ4n) is 3.08. The lowest BCUT2D eigenvalue weighted by Gasteiger charge is -2.33. The third kappa shape index (κ3) is 6.48. The lowest BCUT2D eigenvalue weighted by molar-refractivity contribution is -0.212. The van der Waals surface area contributed by atoms with E-state index >= 15 is 0 Å². The molecule has 2 rings (SSSR count). The average Bonchev–Trinajstić information content (AvgIpc) is 3.17. The van der Waals surface area contributed by atoms with E-state index in [1.807, 2.05) is 22.1 Å². The lowest BCUT2D eigenvalue weighted by atomic mass is 10.1. The van der Waals surface area contributed by atoms with Gasteiger partial charge in [-0.3, -0.25) is 0 Å². The summed E-state index contributed by atoms with van der Waals surface area (Å²) in [6.07, 6.45) is 2.96. The predicted molar refractivity (Wildman–Crippen MR) is 109 cm³/mol. The molecule has 1 aliphatic heterocycles. The molecule has 0 aromatic heterocycles. The highest BCUT2D eigenvalue weighted by Crippen LogP contribution is 2.15. The van der Waals surface area contributed by atoms with Gasteiger partial charge in [-0.2, -0.15) is 10.5 Å². The maximum Gasteiger partial charge on any atom is 0.319 e. The molecule has 6 heteroatoms. The quantitative estimate of drug-likeness (QED) is 0.508. The molecule has 2 amide bonds. The zero-order valence-electron chi connectivity index (χ0n) is 17.5. The molecular formula is C21H36N4O2. The number of benzene rings is 1. The number of hydrogen-bond donors (Lipinski definition) is 2. The summed E-state index contributed by atoms with van der Waals surface area (Å²) < 4.78 is 0. The van der Waals surface area contributed by atoms with Crippen molar-refractivity contribution in [3.8, 4) is 0 Å². The number of nitrogens with zero attached hydrogens (tertiary/aromatic N) is 2. The maximum atomic E-state index is 13.1. The number of hydroxylamine groups is 3. The van der Waals surface area contributed by atoms with Crippen LogP contribution >= 0.6 is 0 Å². The third-order valence-corrected chi connectivity index (χ3v) is 5.31. The van der Waals surface area contributed by atoms with Gasteiger partial charge in [-0.05, 0) is 50.2 Å². The van der Waals surface area contributed by atoms with Crippen molar-refractivity contribution in [3.63, 3.8) is 0 Å². The number of nitrogens with one attached hydrogen (secondary N) is 2. The highest BCUT2D eigenvalue weighted by atomic mass is 16.8. The van der Waals surface area contributed by atoms with Gasteiger partial charge in [-0.25, -0.2) is 9.73 Å². The fraction of sp³-hybridized carbons (Fsp3) is 0.667. The number of carbonyl (C=O) groups is 1. The zero-order chi connectivity index (χ0) is 19.8. The first-order chi connectivity index (χ1) is 12.9. The molecule has 1 heterocycles. The van der Waals surface area contributed by atoms with Crippen molar-refractivity contribution in [2.75, 3.05) is 13.1 Å². The molecule has 27 heavy (non-hydrogen) atoms. The number of hydrogen-bond acceptors (Lipinski definition) is 4. The second-order valence-electron chi connectivity index (χ2n) is 7.83. The summed E-state index contributed by atoms with van der Waals surface area (Å²) in [6.45, 7) is 12.9. The predicted octanol–water partition coefficient (Wildman–Crippen LogP) is 3.82. The van der Waals surface area contributed by atoms with E-state index in [4.69, 9.17) is 4.94 Å². The van der Waals surface area contributed by atoms with Crippen LogP contribution in [0.2, 0.25) is 0 Å². The van der Waals surface area contributed by atoms with Gasteiger partial charge in [-0.1, -0.05) is 45.0 Å². The first-order valence-electron chi connectivity index (χ1n) is 10.2. The Morgan fingerprint density at radius 2 is 1.89 bits per heavy atom. The van der Waals surface area contributed by atoms with Gasteiger partial charge in [0.2, 0.25) is 0 Å². The molecule has 0 bridgehead atoms. The Morgan fingerprint density at radius 1 is 1.22 bits per heavy atom. The van der Waals surface area contributed by atoms with Crippen molar-refractivity contribution in [1.29, 1.82) is 0 Å². The molecule has 0 saturated carbocycles. The topological polar surface area (TPSA) is 56.8 Å². The molecule has 1 aromatic rings. The van der Waals surface area contributed by atoms with Gasteiger partial charge in [0.15, 0.2) is 0 Å². The largest absolute Gasteiger partial charge is 0.320 e. The SMILES string of the molecule is CC[C@@H](C)N(Cc1ccccc1C)C(=O)NC(NON1CCCC1)C(C)C. The second-order valence-corrected chi connectivity index (χ2v) is 7.83. The van der Waals surface area contributed by atoms with Crippen molar-refractivity contribution in [3.05, 3.63) is 35.4 Å². The minimum atomic E-state index is -0.249. The Morgan fingerprint density at radius 3 is 2.48 bits per heavy atom. The molecule has 152 valence electrons. The summed E-state index contributed by atoms with van der Waals surface area (Å²) in [4.78, 5) is 20.7. The Bertz CT molecular complexity index is 587. The minimum absolute atomic E-state index is 0.0659. The van der Waals surface area contributed by atoms with Crippen molar-refractivity contribution in [2.24, 2.45) is 5.92 Å². The number of rotatable bonds is 9. The number of urea groups is 1. The summed E-state index contributed by atoms with van der Waals surface area (Å²) in [5.41, 5.74) is 5.43. The molecule has 1 saturated heterocycles. The van der Waals surface area contributed by atoms with E-state index in [-0.39, 0.29) is 24.2 Å². The van der Waals surface area contributed by atoms with Crippen LogP contribution in [0.1, 0.15) is 58.1 Å². The van der Waals surface area contributed by atoms with Crippen LogP contribution in [0.15, 0.2) is 24.3 Å². The van der Waals surface area contributed by atoms with Crippen molar-refractivity contribution in [2.45, 2.75) is 72.6 Å².